The largest absolute Gasteiger partial charge is 0.508 e. The maximum atomic E-state index is 11.1. The minimum atomic E-state index is -1.18. The third kappa shape index (κ3) is 2.93. The molecule has 4 heteroatoms. The average molecular weight is 256 g/mol. The van der Waals surface area contributed by atoms with E-state index in [9.17, 15) is 9.90 Å². The van der Waals surface area contributed by atoms with E-state index in [-0.39, 0.29) is 17.1 Å². The summed E-state index contributed by atoms with van der Waals surface area (Å²) in [6, 6.07) is 11.0. The van der Waals surface area contributed by atoms with Crippen molar-refractivity contribution in [3.8, 4) is 11.5 Å². The molecule has 0 saturated carbocycles. The minimum absolute atomic E-state index is 0.127. The second-order valence-corrected chi connectivity index (χ2v) is 3.97. The number of benzene rings is 2. The highest BCUT2D eigenvalue weighted by molar-refractivity contribution is 5.96. The smallest absolute Gasteiger partial charge is 0.340 e. The van der Waals surface area contributed by atoms with Gasteiger partial charge in [0.05, 0.1) is 0 Å². The van der Waals surface area contributed by atoms with Gasteiger partial charge in [-0.2, -0.15) is 0 Å². The highest BCUT2D eigenvalue weighted by Gasteiger charge is 2.12. The molecule has 0 atom stereocenters. The summed E-state index contributed by atoms with van der Waals surface area (Å²) in [6.45, 7) is 0. The molecule has 2 aromatic rings. The van der Waals surface area contributed by atoms with Gasteiger partial charge in [0.15, 0.2) is 0 Å². The van der Waals surface area contributed by atoms with Crippen LogP contribution in [0.1, 0.15) is 21.5 Å². The predicted molar refractivity (Wildman–Crippen MR) is 72.1 cm³/mol. The Morgan fingerprint density at radius 3 is 2.26 bits per heavy atom. The van der Waals surface area contributed by atoms with Gasteiger partial charge in [-0.25, -0.2) is 4.79 Å². The molecular weight excluding hydrogens is 244 g/mol. The number of hydrogen-bond acceptors (Lipinski definition) is 3. The van der Waals surface area contributed by atoms with Crippen LogP contribution in [0.3, 0.4) is 0 Å². The van der Waals surface area contributed by atoms with Crippen LogP contribution in [0, 0.1) is 0 Å². The van der Waals surface area contributed by atoms with Crippen LogP contribution in [0.15, 0.2) is 42.5 Å². The van der Waals surface area contributed by atoms with Gasteiger partial charge in [0.1, 0.15) is 17.1 Å². The molecule has 0 unspecified atom stereocenters. The highest BCUT2D eigenvalue weighted by atomic mass is 16.4. The van der Waals surface area contributed by atoms with E-state index in [2.05, 4.69) is 0 Å². The summed E-state index contributed by atoms with van der Waals surface area (Å²) in [5, 5.41) is 27.8. The molecule has 0 amide bonds. The van der Waals surface area contributed by atoms with Crippen LogP contribution < -0.4 is 0 Å². The Hall–Kier alpha value is -2.75. The topological polar surface area (TPSA) is 77.8 Å². The lowest BCUT2D eigenvalue weighted by Gasteiger charge is -2.03. The molecular formula is C15H12O4. The predicted octanol–water partition coefficient (Wildman–Crippen LogP) is 2.97. The Bertz CT molecular complexity index is 627. The van der Waals surface area contributed by atoms with Crippen molar-refractivity contribution >= 4 is 18.1 Å². The van der Waals surface area contributed by atoms with Crippen LogP contribution in [0.5, 0.6) is 11.5 Å². The van der Waals surface area contributed by atoms with Gasteiger partial charge in [-0.1, -0.05) is 36.4 Å². The number of carbonyl (C=O) groups is 1. The van der Waals surface area contributed by atoms with Crippen LogP contribution in [0.25, 0.3) is 12.2 Å². The zero-order chi connectivity index (χ0) is 13.8. The first-order valence-electron chi connectivity index (χ1n) is 5.60. The first kappa shape index (κ1) is 12.7. The summed E-state index contributed by atoms with van der Waals surface area (Å²) < 4.78 is 0. The average Bonchev–Trinajstić information content (AvgIpc) is 2.37. The zero-order valence-electron chi connectivity index (χ0n) is 9.95. The molecule has 0 aliphatic heterocycles. The molecule has 2 rings (SSSR count). The van der Waals surface area contributed by atoms with Gasteiger partial charge in [0.2, 0.25) is 0 Å². The van der Waals surface area contributed by atoms with Crippen molar-refractivity contribution in [1.82, 2.24) is 0 Å². The summed E-state index contributed by atoms with van der Waals surface area (Å²) in [5.41, 5.74) is 1.11. The van der Waals surface area contributed by atoms with Gasteiger partial charge in [0.25, 0.3) is 0 Å². The Morgan fingerprint density at radius 1 is 0.947 bits per heavy atom. The SMILES string of the molecule is O=C(O)c1c(O)cccc1/C=C\c1ccc(O)cc1. The highest BCUT2D eigenvalue weighted by Crippen LogP contribution is 2.23. The fourth-order valence-electron chi connectivity index (χ4n) is 1.70. The lowest BCUT2D eigenvalue weighted by molar-refractivity contribution is 0.0693. The Balaban J connectivity index is 2.36. The van der Waals surface area contributed by atoms with Crippen LogP contribution in [-0.2, 0) is 0 Å². The summed E-state index contributed by atoms with van der Waals surface area (Å²) in [6.07, 6.45) is 3.32. The molecule has 0 heterocycles. The van der Waals surface area contributed by atoms with Crippen LogP contribution in [0.2, 0.25) is 0 Å². The van der Waals surface area contributed by atoms with Gasteiger partial charge < -0.3 is 15.3 Å². The molecule has 0 radical (unpaired) electrons. The second kappa shape index (κ2) is 5.27. The molecule has 96 valence electrons. The molecule has 0 aromatic heterocycles. The van der Waals surface area contributed by atoms with Crippen molar-refractivity contribution in [2.45, 2.75) is 0 Å². The number of hydrogen-bond donors (Lipinski definition) is 3. The number of aromatic carboxylic acids is 1. The third-order valence-corrected chi connectivity index (χ3v) is 2.64. The second-order valence-electron chi connectivity index (χ2n) is 3.97. The first-order chi connectivity index (χ1) is 9.08. The van der Waals surface area contributed by atoms with Gasteiger partial charge >= 0.3 is 5.97 Å². The number of phenols is 2. The molecule has 0 bridgehead atoms. The zero-order valence-corrected chi connectivity index (χ0v) is 9.95. The first-order valence-corrected chi connectivity index (χ1v) is 5.60. The standard InChI is InChI=1S/C15H12O4/c16-12-8-5-10(6-9-12)4-7-11-2-1-3-13(17)14(11)15(18)19/h1-9,16-17H,(H,18,19)/b7-4-. The van der Waals surface area contributed by atoms with Crippen LogP contribution in [-0.4, -0.2) is 21.3 Å². The maximum absolute atomic E-state index is 11.1. The number of aromatic hydroxyl groups is 2. The van der Waals surface area contributed by atoms with Crippen LogP contribution in [0.4, 0.5) is 0 Å². The van der Waals surface area contributed by atoms with Crippen LogP contribution >= 0.6 is 0 Å². The van der Waals surface area contributed by atoms with E-state index in [4.69, 9.17) is 10.2 Å². The number of carboxylic acid groups (broad SMARTS) is 1. The van der Waals surface area contributed by atoms with E-state index >= 15 is 0 Å². The minimum Gasteiger partial charge on any atom is -0.508 e. The van der Waals surface area contributed by atoms with Crippen molar-refractivity contribution in [3.63, 3.8) is 0 Å². The van der Waals surface area contributed by atoms with Gasteiger partial charge in [0, 0.05) is 0 Å². The number of carboxylic acids is 1. The summed E-state index contributed by atoms with van der Waals surface area (Å²) in [5.74, 6) is -1.27. The summed E-state index contributed by atoms with van der Waals surface area (Å²) >= 11 is 0. The quantitative estimate of drug-likeness (QED) is 0.738. The molecule has 19 heavy (non-hydrogen) atoms. The van der Waals surface area contributed by atoms with Crippen molar-refractivity contribution in [3.05, 3.63) is 59.2 Å². The Kier molecular flexibility index (Phi) is 3.52. The Labute approximate surface area is 109 Å². The molecule has 4 nitrogen and oxygen atoms in total. The lowest BCUT2D eigenvalue weighted by Crippen LogP contribution is -1.99. The third-order valence-electron chi connectivity index (χ3n) is 2.64. The molecule has 2 aromatic carbocycles. The molecule has 0 fully saturated rings. The molecule has 0 spiro atoms. The van der Waals surface area contributed by atoms with E-state index in [1.165, 1.54) is 6.07 Å². The van der Waals surface area contributed by atoms with Gasteiger partial charge in [-0.3, -0.25) is 0 Å². The van der Waals surface area contributed by atoms with E-state index in [0.717, 1.165) is 5.56 Å². The number of phenolic OH excluding ortho intramolecular Hbond substituents is 1. The number of rotatable bonds is 3. The summed E-state index contributed by atoms with van der Waals surface area (Å²) in [7, 11) is 0. The van der Waals surface area contributed by atoms with E-state index < -0.39 is 5.97 Å². The van der Waals surface area contributed by atoms with Gasteiger partial charge in [-0.15, -0.1) is 0 Å². The molecule has 3 N–H and O–H groups in total. The van der Waals surface area contributed by atoms with E-state index in [1.54, 1.807) is 48.6 Å². The monoisotopic (exact) mass is 256 g/mol. The van der Waals surface area contributed by atoms with Crippen molar-refractivity contribution < 1.29 is 20.1 Å². The molecule has 0 saturated heterocycles. The molecule has 0 aliphatic carbocycles. The van der Waals surface area contributed by atoms with Crippen molar-refractivity contribution in [2.75, 3.05) is 0 Å². The lowest BCUT2D eigenvalue weighted by atomic mass is 10.0. The normalized spacial score (nSPS) is 10.7. The van der Waals surface area contributed by atoms with Crippen molar-refractivity contribution in [2.24, 2.45) is 0 Å². The van der Waals surface area contributed by atoms with Gasteiger partial charge in [-0.05, 0) is 29.3 Å². The van der Waals surface area contributed by atoms with Crippen molar-refractivity contribution in [1.29, 1.82) is 0 Å². The summed E-state index contributed by atoms with van der Waals surface area (Å²) in [4.78, 5) is 11.1. The fraction of sp³-hybridized carbons (Fsp3) is 0. The fourth-order valence-corrected chi connectivity index (χ4v) is 1.70. The Morgan fingerprint density at radius 2 is 1.63 bits per heavy atom. The maximum Gasteiger partial charge on any atom is 0.340 e. The van der Waals surface area contributed by atoms with E-state index in [1.807, 2.05) is 0 Å². The van der Waals surface area contributed by atoms with E-state index in [0.29, 0.717) is 5.56 Å². The molecule has 0 aliphatic rings.